The average Bonchev–Trinajstić information content (AvgIpc) is 2.38. The molecule has 1 fully saturated rings. The third-order valence-corrected chi connectivity index (χ3v) is 3.00. The van der Waals surface area contributed by atoms with Gasteiger partial charge in [0.2, 0.25) is 6.08 Å². The Balaban J connectivity index is 2.03. The molecule has 1 saturated heterocycles. The molecule has 2 rings (SSSR count). The van der Waals surface area contributed by atoms with Crippen molar-refractivity contribution in [3.8, 4) is 0 Å². The lowest BCUT2D eigenvalue weighted by atomic mass is 9.91. The molecule has 3 nitrogen and oxygen atoms in total. The van der Waals surface area contributed by atoms with Gasteiger partial charge in [0.15, 0.2) is 0 Å². The summed E-state index contributed by atoms with van der Waals surface area (Å²) >= 11 is 0. The molecule has 3 heteroatoms. The molecule has 0 amide bonds. The Bertz CT molecular complexity index is 373. The monoisotopic (exact) mass is 217 g/mol. The average molecular weight is 217 g/mol. The second kappa shape index (κ2) is 5.59. The van der Waals surface area contributed by atoms with E-state index in [9.17, 15) is 4.79 Å². The molecule has 1 aromatic carbocycles. The third kappa shape index (κ3) is 2.78. The van der Waals surface area contributed by atoms with Crippen LogP contribution in [-0.2, 0) is 16.1 Å². The highest BCUT2D eigenvalue weighted by atomic mass is 16.5. The van der Waals surface area contributed by atoms with E-state index in [1.807, 2.05) is 12.1 Å². The van der Waals surface area contributed by atoms with Gasteiger partial charge >= 0.3 is 0 Å². The first-order valence-corrected chi connectivity index (χ1v) is 5.60. The van der Waals surface area contributed by atoms with E-state index in [0.717, 1.165) is 31.6 Å². The van der Waals surface area contributed by atoms with E-state index < -0.39 is 0 Å². The molecule has 0 bridgehead atoms. The van der Waals surface area contributed by atoms with Gasteiger partial charge in [0.05, 0.1) is 6.54 Å². The fourth-order valence-corrected chi connectivity index (χ4v) is 2.05. The molecule has 84 valence electrons. The SMILES string of the molecule is O=C=NCc1ccc(C2CCOCC2)cc1. The van der Waals surface area contributed by atoms with Crippen LogP contribution in [0.5, 0.6) is 0 Å². The topological polar surface area (TPSA) is 38.7 Å². The van der Waals surface area contributed by atoms with Crippen LogP contribution in [0.25, 0.3) is 0 Å². The van der Waals surface area contributed by atoms with Crippen LogP contribution in [0.3, 0.4) is 0 Å². The second-order valence-electron chi connectivity index (χ2n) is 4.04. The van der Waals surface area contributed by atoms with Crippen molar-refractivity contribution in [1.82, 2.24) is 0 Å². The number of nitrogens with zero attached hydrogens (tertiary/aromatic N) is 1. The molecular weight excluding hydrogens is 202 g/mol. The van der Waals surface area contributed by atoms with Crippen LogP contribution < -0.4 is 0 Å². The number of ether oxygens (including phenoxy) is 1. The molecule has 0 aromatic heterocycles. The first kappa shape index (κ1) is 11.1. The highest BCUT2D eigenvalue weighted by molar-refractivity contribution is 5.34. The Kier molecular flexibility index (Phi) is 3.86. The highest BCUT2D eigenvalue weighted by Crippen LogP contribution is 2.26. The van der Waals surface area contributed by atoms with Crippen molar-refractivity contribution in [2.75, 3.05) is 13.2 Å². The van der Waals surface area contributed by atoms with E-state index in [2.05, 4.69) is 17.1 Å². The molecule has 0 atom stereocenters. The minimum absolute atomic E-state index is 0.428. The Morgan fingerprint density at radius 2 is 1.94 bits per heavy atom. The zero-order chi connectivity index (χ0) is 11.2. The van der Waals surface area contributed by atoms with Crippen molar-refractivity contribution in [2.24, 2.45) is 4.99 Å². The number of hydrogen-bond acceptors (Lipinski definition) is 3. The van der Waals surface area contributed by atoms with Crippen molar-refractivity contribution in [1.29, 1.82) is 0 Å². The van der Waals surface area contributed by atoms with Crippen LogP contribution in [0.15, 0.2) is 29.3 Å². The summed E-state index contributed by atoms with van der Waals surface area (Å²) in [4.78, 5) is 13.5. The van der Waals surface area contributed by atoms with Gasteiger partial charge in [-0.25, -0.2) is 9.79 Å². The van der Waals surface area contributed by atoms with Gasteiger partial charge in [-0.3, -0.25) is 0 Å². The van der Waals surface area contributed by atoms with Crippen LogP contribution in [-0.4, -0.2) is 19.3 Å². The summed E-state index contributed by atoms with van der Waals surface area (Å²) in [6, 6.07) is 8.33. The zero-order valence-electron chi connectivity index (χ0n) is 9.19. The van der Waals surface area contributed by atoms with Gasteiger partial charge in [-0.2, -0.15) is 0 Å². The first-order chi connectivity index (χ1) is 7.90. The van der Waals surface area contributed by atoms with Gasteiger partial charge < -0.3 is 4.74 Å². The third-order valence-electron chi connectivity index (χ3n) is 3.00. The van der Waals surface area contributed by atoms with Crippen LogP contribution in [0, 0.1) is 0 Å². The van der Waals surface area contributed by atoms with Gasteiger partial charge in [0.25, 0.3) is 0 Å². The zero-order valence-corrected chi connectivity index (χ0v) is 9.19. The lowest BCUT2D eigenvalue weighted by molar-refractivity contribution is 0.0853. The van der Waals surface area contributed by atoms with Gasteiger partial charge in [0.1, 0.15) is 0 Å². The van der Waals surface area contributed by atoms with Crippen LogP contribution in [0.1, 0.15) is 29.9 Å². The van der Waals surface area contributed by atoms with Crippen molar-refractivity contribution in [3.05, 3.63) is 35.4 Å². The number of isocyanates is 1. The normalized spacial score (nSPS) is 16.8. The first-order valence-electron chi connectivity index (χ1n) is 5.60. The fourth-order valence-electron chi connectivity index (χ4n) is 2.05. The van der Waals surface area contributed by atoms with Gasteiger partial charge in [-0.15, -0.1) is 0 Å². The van der Waals surface area contributed by atoms with E-state index in [1.165, 1.54) is 5.56 Å². The molecule has 1 aromatic rings. The number of benzene rings is 1. The van der Waals surface area contributed by atoms with E-state index in [-0.39, 0.29) is 0 Å². The number of hydrogen-bond donors (Lipinski definition) is 0. The van der Waals surface area contributed by atoms with E-state index >= 15 is 0 Å². The Hall–Kier alpha value is -1.44. The van der Waals surface area contributed by atoms with E-state index in [0.29, 0.717) is 12.5 Å². The number of rotatable bonds is 3. The van der Waals surface area contributed by atoms with E-state index in [4.69, 9.17) is 4.74 Å². The van der Waals surface area contributed by atoms with Gasteiger partial charge in [-0.1, -0.05) is 24.3 Å². The smallest absolute Gasteiger partial charge is 0.235 e. The number of carbonyl (C=O) groups excluding carboxylic acids is 1. The van der Waals surface area contributed by atoms with E-state index in [1.54, 1.807) is 6.08 Å². The van der Waals surface area contributed by atoms with Crippen LogP contribution in [0.2, 0.25) is 0 Å². The summed E-state index contributed by atoms with van der Waals surface area (Å²) in [7, 11) is 0. The second-order valence-corrected chi connectivity index (χ2v) is 4.04. The van der Waals surface area contributed by atoms with Crippen molar-refractivity contribution >= 4 is 6.08 Å². The van der Waals surface area contributed by atoms with Gasteiger partial charge in [-0.05, 0) is 29.9 Å². The summed E-state index contributed by atoms with van der Waals surface area (Å²) < 4.78 is 5.34. The Morgan fingerprint density at radius 3 is 2.56 bits per heavy atom. The largest absolute Gasteiger partial charge is 0.381 e. The maximum absolute atomic E-state index is 9.99. The highest BCUT2D eigenvalue weighted by Gasteiger charge is 2.15. The van der Waals surface area contributed by atoms with Crippen molar-refractivity contribution in [3.63, 3.8) is 0 Å². The molecule has 0 aliphatic carbocycles. The summed E-state index contributed by atoms with van der Waals surface area (Å²) in [5, 5.41) is 0. The maximum Gasteiger partial charge on any atom is 0.235 e. The molecule has 1 aliphatic rings. The lowest BCUT2D eigenvalue weighted by Crippen LogP contribution is -2.13. The molecule has 1 aliphatic heterocycles. The summed E-state index contributed by atoms with van der Waals surface area (Å²) in [6.07, 6.45) is 3.76. The number of aliphatic imine (C=N–C) groups is 1. The van der Waals surface area contributed by atoms with Crippen LogP contribution >= 0.6 is 0 Å². The van der Waals surface area contributed by atoms with Crippen LogP contribution in [0.4, 0.5) is 0 Å². The molecule has 0 radical (unpaired) electrons. The fraction of sp³-hybridized carbons (Fsp3) is 0.462. The quantitative estimate of drug-likeness (QED) is 0.576. The standard InChI is InChI=1S/C13H15NO2/c15-10-14-9-11-1-3-12(4-2-11)13-5-7-16-8-6-13/h1-4,13H,5-9H2. The Labute approximate surface area is 95.2 Å². The molecule has 0 unspecified atom stereocenters. The van der Waals surface area contributed by atoms with Crippen molar-refractivity contribution < 1.29 is 9.53 Å². The maximum atomic E-state index is 9.99. The predicted molar refractivity (Wildman–Crippen MR) is 61.1 cm³/mol. The summed E-state index contributed by atoms with van der Waals surface area (Å²) in [6.45, 7) is 2.15. The van der Waals surface area contributed by atoms with Crippen molar-refractivity contribution in [2.45, 2.75) is 25.3 Å². The molecular formula is C13H15NO2. The molecule has 16 heavy (non-hydrogen) atoms. The minimum Gasteiger partial charge on any atom is -0.381 e. The predicted octanol–water partition coefficient (Wildman–Crippen LogP) is 2.42. The molecule has 0 saturated carbocycles. The van der Waals surface area contributed by atoms with Gasteiger partial charge in [0, 0.05) is 13.2 Å². The summed E-state index contributed by atoms with van der Waals surface area (Å²) in [5.74, 6) is 0.623. The lowest BCUT2D eigenvalue weighted by Gasteiger charge is -2.22. The molecule has 0 N–H and O–H groups in total. The Morgan fingerprint density at radius 1 is 1.25 bits per heavy atom. The molecule has 0 spiro atoms. The minimum atomic E-state index is 0.428. The molecule has 1 heterocycles. The summed E-state index contributed by atoms with van der Waals surface area (Å²) in [5.41, 5.74) is 2.42.